The molecule has 5 aromatic rings. The minimum absolute atomic E-state index is 0.221. The predicted molar refractivity (Wildman–Crippen MR) is 140 cm³/mol. The van der Waals surface area contributed by atoms with Crippen molar-refractivity contribution in [1.82, 2.24) is 8.97 Å². The maximum absolute atomic E-state index is 13.9. The van der Waals surface area contributed by atoms with Crippen molar-refractivity contribution in [3.63, 3.8) is 0 Å². The van der Waals surface area contributed by atoms with Crippen LogP contribution in [0.1, 0.15) is 28.9 Å². The largest absolute Gasteiger partial charge is 0.497 e. The van der Waals surface area contributed by atoms with E-state index in [1.807, 2.05) is 40.8 Å². The third-order valence-corrected chi connectivity index (χ3v) is 6.88. The van der Waals surface area contributed by atoms with Crippen LogP contribution in [-0.2, 0) is 13.0 Å². The second-order valence-electron chi connectivity index (χ2n) is 9.08. The molecule has 0 atom stereocenters. The zero-order valence-corrected chi connectivity index (χ0v) is 20.0. The molecule has 1 N–H and O–H groups in total. The number of methoxy groups -OCH3 is 1. The molecule has 1 aliphatic heterocycles. The molecule has 0 saturated carbocycles. The van der Waals surface area contributed by atoms with Crippen LogP contribution in [0.4, 0.5) is 10.1 Å². The van der Waals surface area contributed by atoms with Gasteiger partial charge >= 0.3 is 0 Å². The van der Waals surface area contributed by atoms with E-state index < -0.39 is 0 Å². The van der Waals surface area contributed by atoms with Crippen molar-refractivity contribution in [3.05, 3.63) is 102 Å². The first-order chi connectivity index (χ1) is 17.6. The van der Waals surface area contributed by atoms with Gasteiger partial charge in [-0.3, -0.25) is 9.20 Å². The lowest BCUT2D eigenvalue weighted by atomic mass is 9.97. The van der Waals surface area contributed by atoms with Crippen molar-refractivity contribution < 1.29 is 13.9 Å². The van der Waals surface area contributed by atoms with Gasteiger partial charge in [0.05, 0.1) is 12.8 Å². The van der Waals surface area contributed by atoms with Crippen molar-refractivity contribution in [2.24, 2.45) is 0 Å². The molecule has 5 nitrogen and oxygen atoms in total. The average molecular weight is 480 g/mol. The van der Waals surface area contributed by atoms with Crippen LogP contribution in [0.15, 0.2) is 85.1 Å². The number of nitrogens with zero attached hydrogens (tertiary/aromatic N) is 2. The van der Waals surface area contributed by atoms with E-state index in [0.717, 1.165) is 59.4 Å². The third kappa shape index (κ3) is 3.75. The number of nitrogens with one attached hydrogen (secondary N) is 1. The molecular formula is C30H26FN3O2. The first-order valence-corrected chi connectivity index (χ1v) is 12.2. The second kappa shape index (κ2) is 9.04. The summed E-state index contributed by atoms with van der Waals surface area (Å²) in [7, 11) is 1.60. The molecule has 3 heterocycles. The molecule has 3 aromatic carbocycles. The van der Waals surface area contributed by atoms with Gasteiger partial charge in [-0.05, 0) is 54.7 Å². The fourth-order valence-corrected chi connectivity index (χ4v) is 5.27. The van der Waals surface area contributed by atoms with E-state index in [9.17, 15) is 9.18 Å². The summed E-state index contributed by atoms with van der Waals surface area (Å²) >= 11 is 0. The molecule has 6 rings (SSSR count). The maximum Gasteiger partial charge on any atom is 0.273 e. The van der Waals surface area contributed by atoms with Crippen LogP contribution in [0.3, 0.4) is 0 Å². The third-order valence-electron chi connectivity index (χ3n) is 6.88. The number of carbonyl (C=O) groups excluding carboxylic acids is 1. The summed E-state index contributed by atoms with van der Waals surface area (Å²) in [6, 6.07) is 24.0. The molecule has 0 saturated heterocycles. The number of amides is 1. The Morgan fingerprint density at radius 1 is 0.944 bits per heavy atom. The van der Waals surface area contributed by atoms with E-state index in [-0.39, 0.29) is 11.7 Å². The van der Waals surface area contributed by atoms with Crippen molar-refractivity contribution in [1.29, 1.82) is 0 Å². The van der Waals surface area contributed by atoms with E-state index in [0.29, 0.717) is 17.1 Å². The summed E-state index contributed by atoms with van der Waals surface area (Å²) in [5.74, 6) is 0.146. The lowest BCUT2D eigenvalue weighted by molar-refractivity contribution is 0.102. The molecule has 1 amide bonds. The first-order valence-electron chi connectivity index (χ1n) is 12.2. The molecule has 180 valence electrons. The molecule has 0 spiro atoms. The molecule has 1 aliphatic rings. The van der Waals surface area contributed by atoms with Crippen molar-refractivity contribution in [3.8, 4) is 28.1 Å². The lowest BCUT2D eigenvalue weighted by Crippen LogP contribution is -2.15. The van der Waals surface area contributed by atoms with Gasteiger partial charge in [0.25, 0.3) is 5.91 Å². The SMILES string of the molecule is COc1cccc(NC(=O)c2c(-c3ccc(F)cc3)c3c4n(c(-c5ccccc5)cn24)CCCC3)c1. The Balaban J connectivity index is 1.59. The van der Waals surface area contributed by atoms with Crippen LogP contribution in [0.25, 0.3) is 28.0 Å². The number of aryl methyl sites for hydroxylation is 2. The first kappa shape index (κ1) is 22.2. The van der Waals surface area contributed by atoms with Crippen LogP contribution >= 0.6 is 0 Å². The molecule has 0 aliphatic carbocycles. The Bertz CT molecular complexity index is 1570. The summed E-state index contributed by atoms with van der Waals surface area (Å²) in [5, 5.41) is 3.07. The standard InChI is InChI=1S/C30H26FN3O2/c1-36-24-11-7-10-23(18-24)32-29(35)28-27(21-13-15-22(31)16-14-21)25-12-5-6-17-33-26(19-34(28)30(25)33)20-8-3-2-4-9-20/h2-4,7-11,13-16,18-19H,5-6,12,17H2,1H3,(H,32,35). The van der Waals surface area contributed by atoms with Gasteiger partial charge < -0.3 is 14.6 Å². The summed E-state index contributed by atoms with van der Waals surface area (Å²) in [4.78, 5) is 13.9. The van der Waals surface area contributed by atoms with E-state index >= 15 is 0 Å². The summed E-state index contributed by atoms with van der Waals surface area (Å²) < 4.78 is 23.5. The number of benzene rings is 3. The smallest absolute Gasteiger partial charge is 0.273 e. The highest BCUT2D eigenvalue weighted by Crippen LogP contribution is 2.39. The molecule has 0 radical (unpaired) electrons. The number of ether oxygens (including phenoxy) is 1. The van der Waals surface area contributed by atoms with Gasteiger partial charge in [-0.2, -0.15) is 0 Å². The van der Waals surface area contributed by atoms with Gasteiger partial charge in [-0.25, -0.2) is 4.39 Å². The predicted octanol–water partition coefficient (Wildman–Crippen LogP) is 6.81. The minimum atomic E-state index is -0.299. The van der Waals surface area contributed by atoms with E-state index in [4.69, 9.17) is 4.74 Å². The van der Waals surface area contributed by atoms with Gasteiger partial charge in [-0.15, -0.1) is 0 Å². The van der Waals surface area contributed by atoms with Gasteiger partial charge in [0.1, 0.15) is 22.9 Å². The van der Waals surface area contributed by atoms with Crippen LogP contribution < -0.4 is 10.1 Å². The Morgan fingerprint density at radius 2 is 1.75 bits per heavy atom. The summed E-state index contributed by atoms with van der Waals surface area (Å²) in [5.41, 5.74) is 7.23. The van der Waals surface area contributed by atoms with E-state index in [2.05, 4.69) is 28.2 Å². The maximum atomic E-state index is 13.9. The molecule has 6 heteroatoms. The second-order valence-corrected chi connectivity index (χ2v) is 9.08. The topological polar surface area (TPSA) is 47.7 Å². The minimum Gasteiger partial charge on any atom is -0.497 e. The quantitative estimate of drug-likeness (QED) is 0.301. The van der Waals surface area contributed by atoms with Gasteiger partial charge in [-0.1, -0.05) is 48.5 Å². The molecular weight excluding hydrogens is 453 g/mol. The van der Waals surface area contributed by atoms with E-state index in [1.54, 1.807) is 25.3 Å². The Labute approximate surface area is 208 Å². The Morgan fingerprint density at radius 3 is 2.53 bits per heavy atom. The number of hydrogen-bond donors (Lipinski definition) is 1. The van der Waals surface area contributed by atoms with E-state index in [1.165, 1.54) is 12.1 Å². The lowest BCUT2D eigenvalue weighted by Gasteiger charge is -2.11. The van der Waals surface area contributed by atoms with Crippen molar-refractivity contribution >= 4 is 17.2 Å². The highest BCUT2D eigenvalue weighted by atomic mass is 19.1. The normalized spacial score (nSPS) is 12.9. The van der Waals surface area contributed by atoms with Crippen LogP contribution in [0.5, 0.6) is 5.75 Å². The Hall–Kier alpha value is -4.32. The highest BCUT2D eigenvalue weighted by molar-refractivity contribution is 6.10. The number of aromatic nitrogens is 2. The summed E-state index contributed by atoms with van der Waals surface area (Å²) in [6.45, 7) is 0.873. The average Bonchev–Trinajstić information content (AvgIpc) is 3.33. The number of hydrogen-bond acceptors (Lipinski definition) is 2. The molecule has 36 heavy (non-hydrogen) atoms. The fourth-order valence-electron chi connectivity index (χ4n) is 5.27. The van der Waals surface area contributed by atoms with Gasteiger partial charge in [0.15, 0.2) is 0 Å². The number of halogens is 1. The molecule has 0 unspecified atom stereocenters. The monoisotopic (exact) mass is 479 g/mol. The fraction of sp³-hybridized carbons (Fsp3) is 0.167. The number of anilines is 1. The zero-order valence-electron chi connectivity index (χ0n) is 20.0. The number of carbonyl (C=O) groups is 1. The number of imidazole rings is 1. The summed E-state index contributed by atoms with van der Waals surface area (Å²) in [6.07, 6.45) is 4.97. The van der Waals surface area contributed by atoms with Crippen LogP contribution in [-0.4, -0.2) is 22.0 Å². The van der Waals surface area contributed by atoms with Crippen molar-refractivity contribution in [2.75, 3.05) is 12.4 Å². The molecule has 2 aromatic heterocycles. The van der Waals surface area contributed by atoms with Crippen LogP contribution in [0.2, 0.25) is 0 Å². The molecule has 0 bridgehead atoms. The molecule has 0 fully saturated rings. The van der Waals surface area contributed by atoms with Crippen LogP contribution in [0, 0.1) is 5.82 Å². The highest BCUT2D eigenvalue weighted by Gasteiger charge is 2.29. The van der Waals surface area contributed by atoms with Crippen molar-refractivity contribution in [2.45, 2.75) is 25.8 Å². The Kier molecular flexibility index (Phi) is 5.56. The zero-order chi connectivity index (χ0) is 24.6. The van der Waals surface area contributed by atoms with Gasteiger partial charge in [0, 0.05) is 35.6 Å². The van der Waals surface area contributed by atoms with Gasteiger partial charge in [0.2, 0.25) is 0 Å². The number of rotatable bonds is 5.